The highest BCUT2D eigenvalue weighted by molar-refractivity contribution is 7.13. The predicted octanol–water partition coefficient (Wildman–Crippen LogP) is 3.19. The van der Waals surface area contributed by atoms with Gasteiger partial charge >= 0.3 is 0 Å². The third kappa shape index (κ3) is 5.27. The summed E-state index contributed by atoms with van der Waals surface area (Å²) in [7, 11) is 5.43. The minimum absolute atomic E-state index is 0.0275. The van der Waals surface area contributed by atoms with E-state index in [-0.39, 0.29) is 28.8 Å². The van der Waals surface area contributed by atoms with Gasteiger partial charge in [-0.25, -0.2) is 9.37 Å². The Hall–Kier alpha value is -3.02. The van der Waals surface area contributed by atoms with Gasteiger partial charge in [0.15, 0.2) is 10.8 Å². The fourth-order valence-corrected chi connectivity index (χ4v) is 6.53. The van der Waals surface area contributed by atoms with E-state index in [2.05, 4.69) is 25.5 Å². The molecule has 0 saturated heterocycles. The largest absolute Gasteiger partial charge is 0.349 e. The molecular formula is C26H30ClFN6O3S. The molecule has 3 amide bonds. The first-order valence-corrected chi connectivity index (χ1v) is 13.8. The highest BCUT2D eigenvalue weighted by Gasteiger charge is 2.37. The van der Waals surface area contributed by atoms with Crippen LogP contribution in [0.4, 0.5) is 4.39 Å². The minimum atomic E-state index is -0.685. The number of carbonyl (C=O) groups excluding carboxylic acids is 3. The second-order valence-electron chi connectivity index (χ2n) is 10.3. The van der Waals surface area contributed by atoms with Crippen LogP contribution in [0.1, 0.15) is 50.1 Å². The topological polar surface area (TPSA) is 110 Å². The monoisotopic (exact) mass is 560 g/mol. The zero-order valence-corrected chi connectivity index (χ0v) is 23.0. The van der Waals surface area contributed by atoms with Crippen LogP contribution in [0.2, 0.25) is 5.02 Å². The second kappa shape index (κ2) is 10.6. The summed E-state index contributed by atoms with van der Waals surface area (Å²) in [6, 6.07) is 3.67. The number of rotatable bonds is 5. The van der Waals surface area contributed by atoms with Crippen LogP contribution in [0.3, 0.4) is 0 Å². The van der Waals surface area contributed by atoms with E-state index >= 15 is 4.39 Å². The first-order chi connectivity index (χ1) is 18.1. The molecule has 202 valence electrons. The summed E-state index contributed by atoms with van der Waals surface area (Å²) in [5.74, 6) is -1.96. The first-order valence-electron chi connectivity index (χ1n) is 12.6. The molecule has 1 aromatic carbocycles. The van der Waals surface area contributed by atoms with E-state index in [0.717, 1.165) is 30.1 Å². The number of hydrogen-bond donors (Lipinski definition) is 3. The van der Waals surface area contributed by atoms with Gasteiger partial charge in [-0.1, -0.05) is 11.6 Å². The van der Waals surface area contributed by atoms with Gasteiger partial charge in [-0.3, -0.25) is 14.4 Å². The number of likely N-dealkylation sites (N-methyl/N-ethyl adjacent to an activating group) is 1. The third-order valence-corrected chi connectivity index (χ3v) is 8.63. The lowest BCUT2D eigenvalue weighted by Crippen LogP contribution is -2.56. The lowest BCUT2D eigenvalue weighted by atomic mass is 9.81. The quantitative estimate of drug-likeness (QED) is 0.444. The molecule has 2 aliphatic rings. The number of amides is 3. The van der Waals surface area contributed by atoms with Crippen molar-refractivity contribution in [3.8, 4) is 0 Å². The Bertz CT molecular complexity index is 1410. The average molecular weight is 561 g/mol. The van der Waals surface area contributed by atoms with Crippen molar-refractivity contribution in [1.29, 1.82) is 0 Å². The van der Waals surface area contributed by atoms with Crippen molar-refractivity contribution in [3.63, 3.8) is 0 Å². The van der Waals surface area contributed by atoms with Crippen molar-refractivity contribution in [2.75, 3.05) is 27.7 Å². The van der Waals surface area contributed by atoms with Crippen molar-refractivity contribution in [2.45, 2.75) is 44.3 Å². The summed E-state index contributed by atoms with van der Waals surface area (Å²) < 4.78 is 15.1. The number of carbonyl (C=O) groups is 3. The number of hydrogen-bond acceptors (Lipinski definition) is 6. The molecule has 12 heteroatoms. The van der Waals surface area contributed by atoms with E-state index < -0.39 is 23.8 Å². The normalized spacial score (nSPS) is 21.7. The smallest absolute Gasteiger partial charge is 0.280 e. The van der Waals surface area contributed by atoms with Crippen LogP contribution in [-0.2, 0) is 17.8 Å². The predicted molar refractivity (Wildman–Crippen MR) is 144 cm³/mol. The van der Waals surface area contributed by atoms with Gasteiger partial charge in [-0.15, -0.1) is 11.3 Å². The molecule has 0 radical (unpaired) electrons. The standard InChI is InChI=1S/C26H30ClFN6O3S/c1-33(2)26(37)13-4-6-17(30-23(35)22-21(28)15-11-14(27)5-7-16(15)29-22)19(10-13)31-24(36)25-32-18-8-9-34(3)12-20(18)38-25/h5,7,11,13,17,19,29H,4,6,8-10,12H2,1-3H3,(H,30,35)(H,31,36). The Morgan fingerprint density at radius 1 is 1.18 bits per heavy atom. The number of fused-ring (bicyclic) bond motifs is 2. The zero-order valence-electron chi connectivity index (χ0n) is 21.4. The highest BCUT2D eigenvalue weighted by Crippen LogP contribution is 2.29. The van der Waals surface area contributed by atoms with Gasteiger partial charge < -0.3 is 25.4 Å². The van der Waals surface area contributed by atoms with Gasteiger partial charge in [0.05, 0.1) is 11.7 Å². The fourth-order valence-electron chi connectivity index (χ4n) is 5.27. The lowest BCUT2D eigenvalue weighted by Gasteiger charge is -2.37. The molecule has 1 fully saturated rings. The van der Waals surface area contributed by atoms with Crippen molar-refractivity contribution in [1.82, 2.24) is 30.4 Å². The van der Waals surface area contributed by atoms with Gasteiger partial charge in [-0.05, 0) is 44.5 Å². The van der Waals surface area contributed by atoms with Crippen LogP contribution in [0.25, 0.3) is 10.9 Å². The average Bonchev–Trinajstić information content (AvgIpc) is 3.45. The summed E-state index contributed by atoms with van der Waals surface area (Å²) in [4.78, 5) is 51.3. The molecule has 0 spiro atoms. The van der Waals surface area contributed by atoms with Crippen LogP contribution in [0.5, 0.6) is 0 Å². The van der Waals surface area contributed by atoms with Crippen molar-refractivity contribution < 1.29 is 18.8 Å². The number of nitrogens with one attached hydrogen (secondary N) is 3. The summed E-state index contributed by atoms with van der Waals surface area (Å²) in [6.07, 6.45) is 2.13. The van der Waals surface area contributed by atoms with Crippen molar-refractivity contribution in [2.24, 2.45) is 5.92 Å². The summed E-state index contributed by atoms with van der Waals surface area (Å²) >= 11 is 7.37. The molecule has 3 unspecified atom stereocenters. The Kier molecular flexibility index (Phi) is 7.43. The molecule has 9 nitrogen and oxygen atoms in total. The maximum Gasteiger partial charge on any atom is 0.280 e. The van der Waals surface area contributed by atoms with Crippen LogP contribution in [0.15, 0.2) is 18.2 Å². The molecule has 2 aromatic heterocycles. The van der Waals surface area contributed by atoms with Crippen LogP contribution >= 0.6 is 22.9 Å². The summed E-state index contributed by atoms with van der Waals surface area (Å²) in [5, 5.41) is 6.88. The number of nitrogens with zero attached hydrogens (tertiary/aromatic N) is 3. The molecule has 1 aliphatic carbocycles. The molecule has 38 heavy (non-hydrogen) atoms. The molecule has 1 aliphatic heterocycles. The summed E-state index contributed by atoms with van der Waals surface area (Å²) in [6.45, 7) is 1.64. The molecule has 5 rings (SSSR count). The molecule has 3 N–H and O–H groups in total. The fraction of sp³-hybridized carbons (Fsp3) is 0.462. The van der Waals surface area contributed by atoms with E-state index in [1.807, 2.05) is 7.05 Å². The molecular weight excluding hydrogens is 531 g/mol. The number of benzene rings is 1. The SMILES string of the molecule is CN1CCc2nc(C(=O)NC3CC(C(=O)N(C)C)CCC3NC(=O)c3[nH]c4ccc(Cl)cc4c3F)sc2C1. The van der Waals surface area contributed by atoms with E-state index in [1.54, 1.807) is 31.1 Å². The molecule has 1 saturated carbocycles. The maximum absolute atomic E-state index is 15.1. The number of thiazole rings is 1. The molecule has 3 atom stereocenters. The van der Waals surface area contributed by atoms with Crippen LogP contribution < -0.4 is 10.6 Å². The number of H-pyrrole nitrogens is 1. The maximum atomic E-state index is 15.1. The molecule has 3 heterocycles. The number of aromatic nitrogens is 2. The lowest BCUT2D eigenvalue weighted by molar-refractivity contribution is -0.134. The van der Waals surface area contributed by atoms with Gasteiger partial charge in [-0.2, -0.15) is 0 Å². The van der Waals surface area contributed by atoms with Gasteiger partial charge in [0.25, 0.3) is 11.8 Å². The Morgan fingerprint density at radius 3 is 2.71 bits per heavy atom. The molecule has 3 aromatic rings. The van der Waals surface area contributed by atoms with Gasteiger partial charge in [0.1, 0.15) is 5.69 Å². The van der Waals surface area contributed by atoms with Gasteiger partial charge in [0.2, 0.25) is 5.91 Å². The molecule has 0 bridgehead atoms. The van der Waals surface area contributed by atoms with E-state index in [4.69, 9.17) is 11.6 Å². The minimum Gasteiger partial charge on any atom is -0.349 e. The van der Waals surface area contributed by atoms with E-state index in [9.17, 15) is 14.4 Å². The Labute approximate surface area is 228 Å². The van der Waals surface area contributed by atoms with E-state index in [0.29, 0.717) is 34.8 Å². The van der Waals surface area contributed by atoms with Crippen molar-refractivity contribution >= 4 is 51.6 Å². The number of aromatic amines is 1. The highest BCUT2D eigenvalue weighted by atomic mass is 35.5. The third-order valence-electron chi connectivity index (χ3n) is 7.31. The van der Waals surface area contributed by atoms with E-state index in [1.165, 1.54) is 17.4 Å². The number of halogens is 2. The zero-order chi connectivity index (χ0) is 27.1. The second-order valence-corrected chi connectivity index (χ2v) is 11.8. The Morgan fingerprint density at radius 2 is 1.95 bits per heavy atom. The Balaban J connectivity index is 1.36. The van der Waals surface area contributed by atoms with Gasteiger partial charge in [0, 0.05) is 66.4 Å². The summed E-state index contributed by atoms with van der Waals surface area (Å²) in [5.41, 5.74) is 1.21. The van der Waals surface area contributed by atoms with Crippen LogP contribution in [-0.4, -0.2) is 77.3 Å². The van der Waals surface area contributed by atoms with Crippen molar-refractivity contribution in [3.05, 3.63) is 50.3 Å². The first kappa shape index (κ1) is 26.6. The van der Waals surface area contributed by atoms with Crippen LogP contribution in [0, 0.1) is 11.7 Å².